The van der Waals surface area contributed by atoms with E-state index < -0.39 is 6.04 Å². The van der Waals surface area contributed by atoms with E-state index in [4.69, 9.17) is 11.6 Å². The zero-order valence-electron chi connectivity index (χ0n) is 17.8. The number of hydrogen-bond donors (Lipinski definition) is 2. The largest absolute Gasteiger partial charge is 0.394 e. The number of aliphatic hydroxyl groups is 1. The highest BCUT2D eigenvalue weighted by Crippen LogP contribution is 2.32. The van der Waals surface area contributed by atoms with Gasteiger partial charge in [-0.2, -0.15) is 5.10 Å². The van der Waals surface area contributed by atoms with Gasteiger partial charge >= 0.3 is 0 Å². The van der Waals surface area contributed by atoms with Crippen molar-refractivity contribution in [1.29, 1.82) is 0 Å². The van der Waals surface area contributed by atoms with Crippen molar-refractivity contribution in [2.75, 3.05) is 24.6 Å². The maximum atomic E-state index is 13.0. The van der Waals surface area contributed by atoms with Gasteiger partial charge in [0, 0.05) is 35.8 Å². The van der Waals surface area contributed by atoms with Gasteiger partial charge in [-0.1, -0.05) is 36.7 Å². The van der Waals surface area contributed by atoms with Gasteiger partial charge < -0.3 is 14.6 Å². The summed E-state index contributed by atoms with van der Waals surface area (Å²) in [7, 11) is 0. The van der Waals surface area contributed by atoms with Gasteiger partial charge in [-0.15, -0.1) is 0 Å². The third kappa shape index (κ3) is 3.80. The van der Waals surface area contributed by atoms with Crippen molar-refractivity contribution in [3.8, 4) is 11.1 Å². The Kier molecular flexibility index (Phi) is 5.49. The lowest BCUT2D eigenvalue weighted by Gasteiger charge is -2.19. The molecule has 6 nitrogen and oxygen atoms in total. The highest BCUT2D eigenvalue weighted by Gasteiger charge is 2.23. The Labute approximate surface area is 191 Å². The van der Waals surface area contributed by atoms with Gasteiger partial charge in [0.15, 0.2) is 5.82 Å². The number of halogens is 1. The normalized spacial score (nSPS) is 17.2. The average Bonchev–Trinajstić information content (AvgIpc) is 3.40. The summed E-state index contributed by atoms with van der Waals surface area (Å²) < 4.78 is 1.54. The van der Waals surface area contributed by atoms with Gasteiger partial charge in [0.25, 0.3) is 5.56 Å². The highest BCUT2D eigenvalue weighted by atomic mass is 35.5. The van der Waals surface area contributed by atoms with Crippen LogP contribution in [-0.4, -0.2) is 39.6 Å². The molecule has 2 atom stereocenters. The highest BCUT2D eigenvalue weighted by molar-refractivity contribution is 6.30. The molecule has 1 aliphatic heterocycles. The van der Waals surface area contributed by atoms with E-state index in [-0.39, 0.29) is 12.2 Å². The van der Waals surface area contributed by atoms with Gasteiger partial charge in [0.05, 0.1) is 18.2 Å². The van der Waals surface area contributed by atoms with E-state index in [0.717, 1.165) is 46.5 Å². The Balaban J connectivity index is 1.50. The molecule has 4 aromatic rings. The van der Waals surface area contributed by atoms with Crippen LogP contribution in [0.4, 0.5) is 5.82 Å². The van der Waals surface area contributed by atoms with Crippen molar-refractivity contribution in [2.45, 2.75) is 19.4 Å². The molecule has 0 saturated carbocycles. The number of aromatic amines is 1. The average molecular weight is 449 g/mol. The van der Waals surface area contributed by atoms with Crippen LogP contribution < -0.4 is 10.5 Å². The molecule has 3 heterocycles. The van der Waals surface area contributed by atoms with Crippen LogP contribution in [0.2, 0.25) is 5.02 Å². The predicted octanol–water partition coefficient (Wildman–Crippen LogP) is 4.47. The maximum absolute atomic E-state index is 13.0. The summed E-state index contributed by atoms with van der Waals surface area (Å²) in [5.41, 5.74) is 3.39. The summed E-state index contributed by atoms with van der Waals surface area (Å²) in [6.07, 6.45) is 2.91. The molecular formula is C25H25ClN4O2. The van der Waals surface area contributed by atoms with Crippen molar-refractivity contribution in [1.82, 2.24) is 14.8 Å². The van der Waals surface area contributed by atoms with Crippen LogP contribution in [0.15, 0.2) is 65.6 Å². The fourth-order valence-corrected chi connectivity index (χ4v) is 4.74. The Morgan fingerprint density at radius 1 is 1.19 bits per heavy atom. The quantitative estimate of drug-likeness (QED) is 0.472. The summed E-state index contributed by atoms with van der Waals surface area (Å²) in [5.74, 6) is 1.64. The zero-order chi connectivity index (χ0) is 22.2. The molecule has 0 bridgehead atoms. The molecule has 32 heavy (non-hydrogen) atoms. The SMILES string of the molecule is CC1CCN(c2n[nH]c3ccc(-c4ccn([C@H](CO)c5cccc(Cl)c5)c(=O)c4)cc23)C1. The monoisotopic (exact) mass is 448 g/mol. The molecular weight excluding hydrogens is 424 g/mol. The summed E-state index contributed by atoms with van der Waals surface area (Å²) >= 11 is 6.10. The smallest absolute Gasteiger partial charge is 0.251 e. The van der Waals surface area contributed by atoms with Crippen LogP contribution in [0.3, 0.4) is 0 Å². The number of hydrogen-bond acceptors (Lipinski definition) is 4. The topological polar surface area (TPSA) is 74.2 Å². The van der Waals surface area contributed by atoms with Gasteiger partial charge in [0.1, 0.15) is 0 Å². The number of nitrogens with zero attached hydrogens (tertiary/aromatic N) is 3. The molecule has 1 saturated heterocycles. The number of benzene rings is 2. The first-order valence-electron chi connectivity index (χ1n) is 10.9. The first-order valence-corrected chi connectivity index (χ1v) is 11.2. The lowest BCUT2D eigenvalue weighted by molar-refractivity contribution is 0.247. The van der Waals surface area contributed by atoms with Gasteiger partial charge in [0.2, 0.25) is 0 Å². The second-order valence-corrected chi connectivity index (χ2v) is 9.00. The number of anilines is 1. The second-order valence-electron chi connectivity index (χ2n) is 8.56. The van der Waals surface area contributed by atoms with E-state index in [1.54, 1.807) is 29.0 Å². The number of aromatic nitrogens is 3. The minimum atomic E-state index is -0.490. The van der Waals surface area contributed by atoms with Crippen LogP contribution in [0, 0.1) is 5.92 Å². The Morgan fingerprint density at radius 2 is 2.03 bits per heavy atom. The Morgan fingerprint density at radius 3 is 2.75 bits per heavy atom. The minimum Gasteiger partial charge on any atom is -0.394 e. The summed E-state index contributed by atoms with van der Waals surface area (Å²) in [4.78, 5) is 15.3. The minimum absolute atomic E-state index is 0.178. The van der Waals surface area contributed by atoms with E-state index in [0.29, 0.717) is 10.9 Å². The molecule has 1 fully saturated rings. The van der Waals surface area contributed by atoms with E-state index >= 15 is 0 Å². The molecule has 1 aliphatic rings. The van der Waals surface area contributed by atoms with Crippen LogP contribution in [0.1, 0.15) is 24.9 Å². The molecule has 0 spiro atoms. The number of H-pyrrole nitrogens is 1. The lowest BCUT2D eigenvalue weighted by atomic mass is 10.0. The molecule has 2 N–H and O–H groups in total. The summed E-state index contributed by atoms with van der Waals surface area (Å²) in [5, 5.41) is 19.3. The molecule has 5 rings (SSSR count). The lowest BCUT2D eigenvalue weighted by Crippen LogP contribution is -2.26. The van der Waals surface area contributed by atoms with Crippen molar-refractivity contribution in [3.63, 3.8) is 0 Å². The van der Waals surface area contributed by atoms with Crippen LogP contribution in [0.5, 0.6) is 0 Å². The Bertz CT molecular complexity index is 1330. The van der Waals surface area contributed by atoms with E-state index in [2.05, 4.69) is 28.1 Å². The second kappa shape index (κ2) is 8.45. The number of rotatable bonds is 5. The predicted molar refractivity (Wildman–Crippen MR) is 128 cm³/mol. The molecule has 2 aromatic heterocycles. The number of fused-ring (bicyclic) bond motifs is 1. The van der Waals surface area contributed by atoms with E-state index in [1.165, 1.54) is 6.42 Å². The van der Waals surface area contributed by atoms with Crippen LogP contribution in [0.25, 0.3) is 22.0 Å². The first kappa shape index (κ1) is 20.8. The van der Waals surface area contributed by atoms with Gasteiger partial charge in [-0.25, -0.2) is 0 Å². The number of pyridine rings is 1. The molecule has 2 aromatic carbocycles. The number of aliphatic hydroxyl groups excluding tert-OH is 1. The van der Waals surface area contributed by atoms with Gasteiger partial charge in [-0.3, -0.25) is 9.89 Å². The Hall–Kier alpha value is -3.09. The molecule has 7 heteroatoms. The molecule has 0 aliphatic carbocycles. The fraction of sp³-hybridized carbons (Fsp3) is 0.280. The summed E-state index contributed by atoms with van der Waals surface area (Å²) in [6, 6.07) is 16.4. The third-order valence-electron chi connectivity index (χ3n) is 6.29. The maximum Gasteiger partial charge on any atom is 0.251 e. The number of nitrogens with one attached hydrogen (secondary N) is 1. The fourth-order valence-electron chi connectivity index (χ4n) is 4.54. The van der Waals surface area contributed by atoms with Crippen molar-refractivity contribution >= 4 is 28.3 Å². The molecule has 1 unspecified atom stereocenters. The van der Waals surface area contributed by atoms with Gasteiger partial charge in [-0.05, 0) is 59.4 Å². The molecule has 0 amide bonds. The third-order valence-corrected chi connectivity index (χ3v) is 6.52. The van der Waals surface area contributed by atoms with Crippen molar-refractivity contribution < 1.29 is 5.11 Å². The van der Waals surface area contributed by atoms with Crippen LogP contribution in [-0.2, 0) is 0 Å². The molecule has 164 valence electrons. The van der Waals surface area contributed by atoms with Crippen molar-refractivity contribution in [2.24, 2.45) is 5.92 Å². The standard InChI is InChI=1S/C25H25ClN4O2/c1-16-7-9-29(14-16)25-21-12-17(5-6-22(21)27-28-25)18-8-10-30(24(32)13-18)23(15-31)19-3-2-4-20(26)11-19/h2-6,8,10-13,16,23,31H,7,9,14-15H2,1H3,(H,27,28)/t16?,23-/m1/s1. The van der Waals surface area contributed by atoms with E-state index in [1.807, 2.05) is 30.3 Å². The molecule has 0 radical (unpaired) electrons. The zero-order valence-corrected chi connectivity index (χ0v) is 18.6. The van der Waals surface area contributed by atoms with Crippen molar-refractivity contribution in [3.05, 3.63) is 81.7 Å². The van der Waals surface area contributed by atoms with Crippen LogP contribution >= 0.6 is 11.6 Å². The van der Waals surface area contributed by atoms with E-state index in [9.17, 15) is 9.90 Å². The first-order chi connectivity index (χ1) is 15.5. The summed E-state index contributed by atoms with van der Waals surface area (Å²) in [6.45, 7) is 4.08.